The Morgan fingerprint density at radius 2 is 2.04 bits per heavy atom. The number of likely N-dealkylation sites (N-methyl/N-ethyl adjacent to an activating group) is 1. The molecule has 2 heterocycles. The molecule has 138 valence electrons. The minimum atomic E-state index is 0.177. The van der Waals surface area contributed by atoms with E-state index < -0.39 is 0 Å². The van der Waals surface area contributed by atoms with E-state index >= 15 is 0 Å². The van der Waals surface area contributed by atoms with Gasteiger partial charge in [-0.3, -0.25) is 4.79 Å². The van der Waals surface area contributed by atoms with Crippen molar-refractivity contribution >= 4 is 5.91 Å². The quantitative estimate of drug-likeness (QED) is 0.726. The highest BCUT2D eigenvalue weighted by Gasteiger charge is 2.35. The van der Waals surface area contributed by atoms with Crippen LogP contribution < -0.4 is 9.47 Å². The third kappa shape index (κ3) is 4.09. The molecule has 3 rings (SSSR count). The molecule has 5 nitrogen and oxygen atoms in total. The van der Waals surface area contributed by atoms with Gasteiger partial charge in [-0.25, -0.2) is 0 Å². The fourth-order valence-corrected chi connectivity index (χ4v) is 3.73. The normalized spacial score (nSPS) is 18.0. The van der Waals surface area contributed by atoms with Crippen LogP contribution in [0.3, 0.4) is 0 Å². The van der Waals surface area contributed by atoms with Crippen LogP contribution in [0.1, 0.15) is 39.2 Å². The summed E-state index contributed by atoms with van der Waals surface area (Å²) >= 11 is 0. The first-order valence-corrected chi connectivity index (χ1v) is 9.53. The fourth-order valence-electron chi connectivity index (χ4n) is 3.73. The van der Waals surface area contributed by atoms with Crippen LogP contribution in [0.4, 0.5) is 0 Å². The van der Waals surface area contributed by atoms with Crippen LogP contribution in [-0.2, 0) is 11.2 Å². The lowest BCUT2D eigenvalue weighted by Crippen LogP contribution is -2.56. The van der Waals surface area contributed by atoms with E-state index in [2.05, 4.69) is 31.7 Å². The summed E-state index contributed by atoms with van der Waals surface area (Å²) in [4.78, 5) is 17.3. The average molecular weight is 346 g/mol. The van der Waals surface area contributed by atoms with Crippen molar-refractivity contribution in [3.63, 3.8) is 0 Å². The van der Waals surface area contributed by atoms with Crippen LogP contribution in [0, 0.1) is 5.92 Å². The van der Waals surface area contributed by atoms with Crippen molar-refractivity contribution in [3.05, 3.63) is 23.8 Å². The number of benzene rings is 1. The Bertz CT molecular complexity index is 599. The molecule has 1 unspecified atom stereocenters. The monoisotopic (exact) mass is 346 g/mol. The number of fused-ring (bicyclic) bond motifs is 1. The summed E-state index contributed by atoms with van der Waals surface area (Å²) in [5.74, 6) is 2.10. The molecule has 0 bridgehead atoms. The van der Waals surface area contributed by atoms with Crippen molar-refractivity contribution in [3.8, 4) is 11.5 Å². The molecule has 0 radical (unpaired) electrons. The minimum Gasteiger partial charge on any atom is -0.454 e. The molecule has 5 heteroatoms. The Morgan fingerprint density at radius 3 is 2.76 bits per heavy atom. The molecule has 1 aromatic rings. The molecule has 2 aliphatic rings. The number of ether oxygens (including phenoxy) is 2. The third-order valence-electron chi connectivity index (χ3n) is 5.26. The highest BCUT2D eigenvalue weighted by Crippen LogP contribution is 2.33. The first-order valence-electron chi connectivity index (χ1n) is 9.53. The first-order chi connectivity index (χ1) is 12.1. The zero-order valence-electron chi connectivity index (χ0n) is 15.7. The lowest BCUT2D eigenvalue weighted by atomic mass is 9.96. The number of carbonyl (C=O) groups is 1. The Labute approximate surface area is 150 Å². The van der Waals surface area contributed by atoms with Gasteiger partial charge in [0.15, 0.2) is 11.5 Å². The summed E-state index contributed by atoms with van der Waals surface area (Å²) in [6.45, 7) is 10.4. The Kier molecular flexibility index (Phi) is 5.84. The van der Waals surface area contributed by atoms with E-state index in [-0.39, 0.29) is 12.0 Å². The number of amides is 1. The van der Waals surface area contributed by atoms with E-state index in [0.29, 0.717) is 12.7 Å². The van der Waals surface area contributed by atoms with Gasteiger partial charge in [0.25, 0.3) is 0 Å². The van der Waals surface area contributed by atoms with Crippen molar-refractivity contribution in [1.29, 1.82) is 0 Å². The van der Waals surface area contributed by atoms with E-state index in [1.54, 1.807) is 0 Å². The molecule has 1 aromatic carbocycles. The molecule has 0 N–H and O–H groups in total. The molecule has 1 fully saturated rings. The van der Waals surface area contributed by atoms with Crippen LogP contribution in [-0.4, -0.2) is 54.7 Å². The van der Waals surface area contributed by atoms with Crippen LogP contribution in [0.15, 0.2) is 18.2 Å². The highest BCUT2D eigenvalue weighted by atomic mass is 16.7. The molecule has 0 spiro atoms. The number of nitrogens with zero attached hydrogens (tertiary/aromatic N) is 2. The maximum atomic E-state index is 12.8. The number of hydrogen-bond acceptors (Lipinski definition) is 4. The molecule has 0 aromatic heterocycles. The van der Waals surface area contributed by atoms with Gasteiger partial charge in [0, 0.05) is 25.7 Å². The number of carbonyl (C=O) groups excluding carboxylic acids is 1. The zero-order chi connectivity index (χ0) is 17.8. The van der Waals surface area contributed by atoms with E-state index in [1.807, 2.05) is 17.0 Å². The van der Waals surface area contributed by atoms with Crippen molar-refractivity contribution in [2.45, 2.75) is 46.1 Å². The van der Waals surface area contributed by atoms with Crippen LogP contribution in [0.25, 0.3) is 0 Å². The molecular formula is C20H30N2O3. The van der Waals surface area contributed by atoms with Gasteiger partial charge in [0.1, 0.15) is 0 Å². The summed E-state index contributed by atoms with van der Waals surface area (Å²) in [5.41, 5.74) is 1.18. The van der Waals surface area contributed by atoms with Gasteiger partial charge in [-0.2, -0.15) is 0 Å². The van der Waals surface area contributed by atoms with Crippen molar-refractivity contribution in [1.82, 2.24) is 9.80 Å². The number of hydrogen-bond donors (Lipinski definition) is 0. The largest absolute Gasteiger partial charge is 0.454 e. The van der Waals surface area contributed by atoms with Crippen molar-refractivity contribution < 1.29 is 14.3 Å². The topological polar surface area (TPSA) is 42.0 Å². The van der Waals surface area contributed by atoms with Crippen molar-refractivity contribution in [2.75, 3.05) is 33.0 Å². The van der Waals surface area contributed by atoms with E-state index in [0.717, 1.165) is 44.1 Å². The lowest BCUT2D eigenvalue weighted by molar-refractivity contribution is -0.143. The molecule has 25 heavy (non-hydrogen) atoms. The van der Waals surface area contributed by atoms with Gasteiger partial charge in [0.05, 0.1) is 5.92 Å². The predicted octanol–water partition coefficient (Wildman–Crippen LogP) is 2.93. The van der Waals surface area contributed by atoms with Gasteiger partial charge in [-0.15, -0.1) is 0 Å². The minimum absolute atomic E-state index is 0.177. The van der Waals surface area contributed by atoms with E-state index in [9.17, 15) is 4.79 Å². The second kappa shape index (κ2) is 8.09. The van der Waals surface area contributed by atoms with E-state index in [1.165, 1.54) is 18.4 Å². The molecule has 1 amide bonds. The van der Waals surface area contributed by atoms with Crippen molar-refractivity contribution in [2.24, 2.45) is 5.92 Å². The molecular weight excluding hydrogens is 316 g/mol. The van der Waals surface area contributed by atoms with Gasteiger partial charge in [0.2, 0.25) is 12.7 Å². The van der Waals surface area contributed by atoms with Crippen LogP contribution >= 0.6 is 0 Å². The van der Waals surface area contributed by atoms with Crippen LogP contribution in [0.2, 0.25) is 0 Å². The molecule has 0 saturated carbocycles. The highest BCUT2D eigenvalue weighted by molar-refractivity contribution is 5.80. The van der Waals surface area contributed by atoms with Gasteiger partial charge in [-0.1, -0.05) is 19.4 Å². The van der Waals surface area contributed by atoms with Gasteiger partial charge >= 0.3 is 0 Å². The summed E-state index contributed by atoms with van der Waals surface area (Å²) in [7, 11) is 0. The molecule has 1 atom stereocenters. The zero-order valence-corrected chi connectivity index (χ0v) is 15.7. The summed E-state index contributed by atoms with van der Waals surface area (Å²) in [5, 5.41) is 0. The summed E-state index contributed by atoms with van der Waals surface area (Å²) in [6.07, 6.45) is 3.27. The number of rotatable bonds is 8. The number of likely N-dealkylation sites (tertiary alicyclic amines) is 1. The lowest BCUT2D eigenvalue weighted by Gasteiger charge is -2.42. The van der Waals surface area contributed by atoms with Gasteiger partial charge < -0.3 is 19.3 Å². The summed E-state index contributed by atoms with van der Waals surface area (Å²) < 4.78 is 10.8. The Hall–Kier alpha value is -1.75. The van der Waals surface area contributed by atoms with Crippen LogP contribution in [0.5, 0.6) is 11.5 Å². The first kappa shape index (κ1) is 18.1. The predicted molar refractivity (Wildman–Crippen MR) is 98.0 cm³/mol. The maximum Gasteiger partial charge on any atom is 0.231 e. The second-order valence-electron chi connectivity index (χ2n) is 7.18. The second-order valence-corrected chi connectivity index (χ2v) is 7.18. The summed E-state index contributed by atoms with van der Waals surface area (Å²) in [6, 6.07) is 6.24. The molecule has 1 saturated heterocycles. The van der Waals surface area contributed by atoms with E-state index in [4.69, 9.17) is 9.47 Å². The SMILES string of the molecule is CCCCN1CC(C(=O)N(CC)C(C)Cc2ccc3c(c2)OCO3)C1. The third-order valence-corrected chi connectivity index (χ3v) is 5.26. The maximum absolute atomic E-state index is 12.8. The Morgan fingerprint density at radius 1 is 1.28 bits per heavy atom. The van der Waals surface area contributed by atoms with Gasteiger partial charge in [-0.05, 0) is 50.9 Å². The number of unbranched alkanes of at least 4 members (excludes halogenated alkanes) is 1. The fraction of sp³-hybridized carbons (Fsp3) is 0.650. The molecule has 2 aliphatic heterocycles. The Balaban J connectivity index is 1.54. The smallest absolute Gasteiger partial charge is 0.231 e. The molecule has 0 aliphatic carbocycles. The standard InChI is InChI=1S/C20H30N2O3/c1-4-6-9-21-12-17(13-21)20(23)22(5-2)15(3)10-16-7-8-18-19(11-16)25-14-24-18/h7-8,11,15,17H,4-6,9-10,12-14H2,1-3H3. The average Bonchev–Trinajstić information content (AvgIpc) is 3.01.